The fourth-order valence-electron chi connectivity index (χ4n) is 3.97. The molecule has 3 heterocycles. The van der Waals surface area contributed by atoms with Crippen LogP contribution in [0, 0.1) is 26.7 Å². The van der Waals surface area contributed by atoms with Crippen LogP contribution in [0.5, 0.6) is 0 Å². The van der Waals surface area contributed by atoms with E-state index in [0.717, 1.165) is 49.9 Å². The van der Waals surface area contributed by atoms with Crippen LogP contribution in [0.4, 0.5) is 4.39 Å². The van der Waals surface area contributed by atoms with Crippen molar-refractivity contribution in [3.63, 3.8) is 0 Å². The zero-order valence-electron chi connectivity index (χ0n) is 16.7. The number of pyridine rings is 1. The standard InChI is InChI=1S/C23H20FN5/c1-13-5-8-17-22(21-14(2)6-9-19-18(21)12-28(4)26-19)27-29(23(17)15(13)3)16-7-10-20(24)25-11-16/h5-12H,1-4H3. The number of fused-ring (bicyclic) bond motifs is 2. The summed E-state index contributed by atoms with van der Waals surface area (Å²) in [7, 11) is 1.92. The van der Waals surface area contributed by atoms with Crippen LogP contribution in [0.15, 0.2) is 48.8 Å². The molecule has 0 saturated heterocycles. The van der Waals surface area contributed by atoms with Crippen LogP contribution in [-0.2, 0) is 7.05 Å². The molecule has 144 valence electrons. The third kappa shape index (κ3) is 2.63. The van der Waals surface area contributed by atoms with Crippen LogP contribution in [0.1, 0.15) is 16.7 Å². The van der Waals surface area contributed by atoms with Gasteiger partial charge in [-0.05, 0) is 55.7 Å². The van der Waals surface area contributed by atoms with E-state index in [9.17, 15) is 4.39 Å². The molecule has 0 saturated carbocycles. The smallest absolute Gasteiger partial charge is 0.212 e. The van der Waals surface area contributed by atoms with E-state index in [1.54, 1.807) is 6.07 Å². The van der Waals surface area contributed by atoms with Gasteiger partial charge in [-0.3, -0.25) is 4.68 Å². The molecule has 3 aromatic heterocycles. The summed E-state index contributed by atoms with van der Waals surface area (Å²) in [6.07, 6.45) is 3.55. The number of hydrogen-bond donors (Lipinski definition) is 0. The van der Waals surface area contributed by atoms with Gasteiger partial charge < -0.3 is 0 Å². The molecule has 0 aliphatic carbocycles. The Bertz CT molecular complexity index is 1390. The van der Waals surface area contributed by atoms with Gasteiger partial charge in [-0.15, -0.1) is 0 Å². The molecule has 0 aliphatic rings. The Kier molecular flexibility index (Phi) is 3.77. The molecule has 5 nitrogen and oxygen atoms in total. The predicted octanol–water partition coefficient (Wildman–Crippen LogP) is 5.04. The van der Waals surface area contributed by atoms with Crippen molar-refractivity contribution < 1.29 is 4.39 Å². The fourth-order valence-corrected chi connectivity index (χ4v) is 3.97. The highest BCUT2D eigenvalue weighted by molar-refractivity contribution is 6.05. The predicted molar refractivity (Wildman–Crippen MR) is 113 cm³/mol. The van der Waals surface area contributed by atoms with E-state index in [1.807, 2.05) is 28.7 Å². The number of nitrogens with zero attached hydrogens (tertiary/aromatic N) is 5. The van der Waals surface area contributed by atoms with Crippen molar-refractivity contribution in [2.45, 2.75) is 20.8 Å². The molecule has 5 aromatic rings. The molecule has 0 unspecified atom stereocenters. The largest absolute Gasteiger partial charge is 0.275 e. The number of halogens is 1. The second kappa shape index (κ2) is 6.24. The van der Waals surface area contributed by atoms with Crippen molar-refractivity contribution in [3.8, 4) is 16.9 Å². The van der Waals surface area contributed by atoms with Gasteiger partial charge in [0.2, 0.25) is 5.95 Å². The van der Waals surface area contributed by atoms with Crippen molar-refractivity contribution in [2.75, 3.05) is 0 Å². The van der Waals surface area contributed by atoms with Gasteiger partial charge in [0, 0.05) is 29.6 Å². The number of aromatic nitrogens is 5. The molecule has 0 fully saturated rings. The minimum Gasteiger partial charge on any atom is -0.275 e. The molecular formula is C23H20FN5. The van der Waals surface area contributed by atoms with Crippen LogP contribution in [0.25, 0.3) is 38.8 Å². The second-order valence-corrected chi connectivity index (χ2v) is 7.50. The lowest BCUT2D eigenvalue weighted by Gasteiger charge is -2.07. The Balaban J connectivity index is 1.91. The lowest BCUT2D eigenvalue weighted by molar-refractivity contribution is 0.582. The molecule has 6 heteroatoms. The van der Waals surface area contributed by atoms with Crippen LogP contribution in [0.2, 0.25) is 0 Å². The first kappa shape index (κ1) is 17.6. The monoisotopic (exact) mass is 385 g/mol. The van der Waals surface area contributed by atoms with E-state index in [1.165, 1.54) is 17.8 Å². The summed E-state index contributed by atoms with van der Waals surface area (Å²) in [6.45, 7) is 6.27. The molecule has 0 atom stereocenters. The SMILES string of the molecule is Cc1ccc2nn(C)cc2c1-c1nn(-c2ccc(F)nc2)c2c(C)c(C)ccc12. The van der Waals surface area contributed by atoms with E-state index in [2.05, 4.69) is 49.1 Å². The van der Waals surface area contributed by atoms with Gasteiger partial charge in [0.25, 0.3) is 0 Å². The maximum absolute atomic E-state index is 13.4. The van der Waals surface area contributed by atoms with Crippen LogP contribution >= 0.6 is 0 Å². The van der Waals surface area contributed by atoms with Gasteiger partial charge in [-0.25, -0.2) is 9.67 Å². The summed E-state index contributed by atoms with van der Waals surface area (Å²) in [5.74, 6) is -0.505. The first-order chi connectivity index (χ1) is 13.9. The number of rotatable bonds is 2. The van der Waals surface area contributed by atoms with E-state index in [-0.39, 0.29) is 0 Å². The summed E-state index contributed by atoms with van der Waals surface area (Å²) in [6, 6.07) is 11.4. The molecular weight excluding hydrogens is 365 g/mol. The molecule has 0 aliphatic heterocycles. The van der Waals surface area contributed by atoms with Crippen LogP contribution < -0.4 is 0 Å². The van der Waals surface area contributed by atoms with E-state index < -0.39 is 5.95 Å². The van der Waals surface area contributed by atoms with Gasteiger partial charge in [-0.1, -0.05) is 18.2 Å². The molecule has 0 spiro atoms. The average Bonchev–Trinajstić information content (AvgIpc) is 3.26. The molecule has 5 rings (SSSR count). The van der Waals surface area contributed by atoms with Gasteiger partial charge in [0.1, 0.15) is 5.69 Å². The maximum Gasteiger partial charge on any atom is 0.212 e. The summed E-state index contributed by atoms with van der Waals surface area (Å²) >= 11 is 0. The Labute approximate surface area is 167 Å². The van der Waals surface area contributed by atoms with E-state index >= 15 is 0 Å². The van der Waals surface area contributed by atoms with Crippen LogP contribution in [0.3, 0.4) is 0 Å². The summed E-state index contributed by atoms with van der Waals surface area (Å²) in [5.41, 5.74) is 8.08. The Morgan fingerprint density at radius 1 is 0.862 bits per heavy atom. The van der Waals surface area contributed by atoms with Crippen molar-refractivity contribution in [3.05, 3.63) is 71.4 Å². The Morgan fingerprint density at radius 3 is 2.41 bits per heavy atom. The molecule has 0 N–H and O–H groups in total. The van der Waals surface area contributed by atoms with E-state index in [4.69, 9.17) is 5.10 Å². The van der Waals surface area contributed by atoms with Gasteiger partial charge in [0.15, 0.2) is 0 Å². The second-order valence-electron chi connectivity index (χ2n) is 7.50. The highest BCUT2D eigenvalue weighted by Crippen LogP contribution is 2.37. The Hall–Kier alpha value is -3.54. The van der Waals surface area contributed by atoms with Crippen molar-refractivity contribution in [1.29, 1.82) is 0 Å². The minimum atomic E-state index is -0.505. The lowest BCUT2D eigenvalue weighted by Crippen LogP contribution is -2.00. The van der Waals surface area contributed by atoms with E-state index in [0.29, 0.717) is 0 Å². The summed E-state index contributed by atoms with van der Waals surface area (Å²) < 4.78 is 17.1. The zero-order chi connectivity index (χ0) is 20.3. The summed E-state index contributed by atoms with van der Waals surface area (Å²) in [5, 5.41) is 11.7. The third-order valence-electron chi connectivity index (χ3n) is 5.57. The van der Waals surface area contributed by atoms with Crippen molar-refractivity contribution >= 4 is 21.8 Å². The fraction of sp³-hybridized carbons (Fsp3) is 0.174. The minimum absolute atomic E-state index is 0.505. The number of benzene rings is 2. The highest BCUT2D eigenvalue weighted by atomic mass is 19.1. The van der Waals surface area contributed by atoms with Crippen LogP contribution in [-0.4, -0.2) is 24.5 Å². The molecule has 0 amide bonds. The van der Waals surface area contributed by atoms with Crippen molar-refractivity contribution in [2.24, 2.45) is 7.05 Å². The Morgan fingerprint density at radius 2 is 1.66 bits per heavy atom. The highest BCUT2D eigenvalue weighted by Gasteiger charge is 2.20. The lowest BCUT2D eigenvalue weighted by atomic mass is 9.97. The maximum atomic E-state index is 13.4. The molecule has 29 heavy (non-hydrogen) atoms. The van der Waals surface area contributed by atoms with Crippen molar-refractivity contribution in [1.82, 2.24) is 24.5 Å². The normalized spacial score (nSPS) is 11.6. The molecule has 0 bridgehead atoms. The first-order valence-electron chi connectivity index (χ1n) is 9.48. The van der Waals surface area contributed by atoms with Gasteiger partial charge in [0.05, 0.1) is 22.9 Å². The zero-order valence-corrected chi connectivity index (χ0v) is 16.7. The first-order valence-corrected chi connectivity index (χ1v) is 9.48. The topological polar surface area (TPSA) is 48.5 Å². The number of hydrogen-bond acceptors (Lipinski definition) is 3. The number of aryl methyl sites for hydroxylation is 4. The quantitative estimate of drug-likeness (QED) is 0.400. The van der Waals surface area contributed by atoms with Gasteiger partial charge in [-0.2, -0.15) is 14.6 Å². The summed E-state index contributed by atoms with van der Waals surface area (Å²) in [4.78, 5) is 3.83. The third-order valence-corrected chi connectivity index (χ3v) is 5.57. The van der Waals surface area contributed by atoms with Gasteiger partial charge >= 0.3 is 0 Å². The molecule has 2 aromatic carbocycles. The molecule has 0 radical (unpaired) electrons. The average molecular weight is 385 g/mol.